The number of aromatic nitrogens is 1. The van der Waals surface area contributed by atoms with Crippen molar-refractivity contribution in [3.8, 4) is 5.75 Å². The number of nitrogens with one attached hydrogen (secondary N) is 2. The van der Waals surface area contributed by atoms with Crippen molar-refractivity contribution in [1.82, 2.24) is 4.98 Å². The summed E-state index contributed by atoms with van der Waals surface area (Å²) in [6.45, 7) is 3.87. The van der Waals surface area contributed by atoms with Gasteiger partial charge in [0.05, 0.1) is 24.7 Å². The highest BCUT2D eigenvalue weighted by Crippen LogP contribution is 2.34. The number of ether oxygens (including phenoxy) is 1. The van der Waals surface area contributed by atoms with Gasteiger partial charge < -0.3 is 9.72 Å². The monoisotopic (exact) mass is 446 g/mol. The number of benzene rings is 2. The lowest BCUT2D eigenvalue weighted by Crippen LogP contribution is -2.10. The Hall–Kier alpha value is -2.77. The molecular weight excluding hydrogens is 424 g/mol. The van der Waals surface area contributed by atoms with E-state index in [2.05, 4.69) is 9.71 Å². The van der Waals surface area contributed by atoms with Crippen LogP contribution in [0, 0.1) is 6.92 Å². The van der Waals surface area contributed by atoms with E-state index in [1.54, 1.807) is 36.4 Å². The molecule has 3 aromatic rings. The van der Waals surface area contributed by atoms with E-state index in [0.717, 1.165) is 23.1 Å². The fourth-order valence-electron chi connectivity index (χ4n) is 3.31. The van der Waals surface area contributed by atoms with Gasteiger partial charge in [0.1, 0.15) is 5.75 Å². The number of ketones is 1. The van der Waals surface area contributed by atoms with Gasteiger partial charge in [-0.25, -0.2) is 8.42 Å². The maximum absolute atomic E-state index is 12.9. The summed E-state index contributed by atoms with van der Waals surface area (Å²) in [6, 6.07) is 13.9. The molecular formula is C22H23ClN2O4S. The van der Waals surface area contributed by atoms with Crippen LogP contribution in [0.4, 0.5) is 5.69 Å². The van der Waals surface area contributed by atoms with E-state index in [4.69, 9.17) is 16.3 Å². The summed E-state index contributed by atoms with van der Waals surface area (Å²) in [4.78, 5) is 16.1. The molecule has 0 aliphatic carbocycles. The molecule has 30 heavy (non-hydrogen) atoms. The molecule has 0 fully saturated rings. The smallest absolute Gasteiger partial charge is 0.229 e. The third-order valence-corrected chi connectivity index (χ3v) is 5.70. The van der Waals surface area contributed by atoms with Crippen molar-refractivity contribution in [3.05, 3.63) is 81.6 Å². The molecule has 0 radical (unpaired) electrons. The zero-order valence-electron chi connectivity index (χ0n) is 17.1. The minimum absolute atomic E-state index is 0.109. The lowest BCUT2D eigenvalue weighted by atomic mass is 9.96. The first-order valence-electron chi connectivity index (χ1n) is 9.24. The Morgan fingerprint density at radius 3 is 2.40 bits per heavy atom. The predicted octanol–water partition coefficient (Wildman–Crippen LogP) is 4.74. The molecule has 0 aliphatic rings. The molecule has 1 aromatic heterocycles. The highest BCUT2D eigenvalue weighted by atomic mass is 35.5. The number of rotatable bonds is 7. The number of sulfonamides is 1. The van der Waals surface area contributed by atoms with Crippen molar-refractivity contribution in [2.24, 2.45) is 0 Å². The molecule has 2 aromatic carbocycles. The van der Waals surface area contributed by atoms with Crippen LogP contribution in [0.2, 0.25) is 5.02 Å². The van der Waals surface area contributed by atoms with Gasteiger partial charge >= 0.3 is 0 Å². The van der Waals surface area contributed by atoms with Gasteiger partial charge in [-0.1, -0.05) is 24.6 Å². The summed E-state index contributed by atoms with van der Waals surface area (Å²) >= 11 is 5.91. The lowest BCUT2D eigenvalue weighted by Gasteiger charge is -2.16. The van der Waals surface area contributed by atoms with E-state index >= 15 is 0 Å². The molecule has 0 amide bonds. The van der Waals surface area contributed by atoms with Crippen LogP contribution in [0.3, 0.4) is 0 Å². The molecule has 0 bridgehead atoms. The minimum atomic E-state index is -3.39. The summed E-state index contributed by atoms with van der Waals surface area (Å²) in [5, 5.41) is 0.574. The summed E-state index contributed by atoms with van der Waals surface area (Å²) in [5.41, 5.74) is 4.05. The molecule has 0 spiro atoms. The zero-order valence-corrected chi connectivity index (χ0v) is 18.7. The van der Waals surface area contributed by atoms with Crippen LogP contribution in [0.25, 0.3) is 0 Å². The van der Waals surface area contributed by atoms with Gasteiger partial charge in [0, 0.05) is 33.8 Å². The maximum Gasteiger partial charge on any atom is 0.229 e. The summed E-state index contributed by atoms with van der Waals surface area (Å²) < 4.78 is 30.9. The first-order valence-corrected chi connectivity index (χ1v) is 11.5. The minimum Gasteiger partial charge on any atom is -0.496 e. The summed E-state index contributed by atoms with van der Waals surface area (Å²) in [6.07, 6.45) is 1.09. The van der Waals surface area contributed by atoms with Crippen LogP contribution in [0.5, 0.6) is 5.75 Å². The van der Waals surface area contributed by atoms with Crippen LogP contribution in [0.1, 0.15) is 45.7 Å². The third kappa shape index (κ3) is 4.86. The van der Waals surface area contributed by atoms with Gasteiger partial charge in [-0.3, -0.25) is 9.52 Å². The molecule has 158 valence electrons. The lowest BCUT2D eigenvalue weighted by molar-refractivity contribution is 0.103. The molecule has 3 rings (SSSR count). The number of H-pyrrole nitrogens is 1. The second-order valence-electron chi connectivity index (χ2n) is 7.17. The van der Waals surface area contributed by atoms with Crippen LogP contribution in [0.15, 0.2) is 48.5 Å². The standard InChI is InChI=1S/C22H23ClN2O4S/c1-13-11-19(24-21(13)22(26)15-5-7-16(23)8-6-15)14(2)18-10-9-17(12-20(18)29-3)25-30(4,27)28/h5-12,14,24-25H,1-4H3. The number of carbonyl (C=O) groups is 1. The van der Waals surface area contributed by atoms with E-state index in [0.29, 0.717) is 27.7 Å². The average Bonchev–Trinajstić information content (AvgIpc) is 3.07. The van der Waals surface area contributed by atoms with Crippen LogP contribution < -0.4 is 9.46 Å². The Bertz CT molecular complexity index is 1180. The maximum atomic E-state index is 12.9. The number of hydrogen-bond donors (Lipinski definition) is 2. The Kier molecular flexibility index (Phi) is 6.24. The van der Waals surface area contributed by atoms with E-state index in [-0.39, 0.29) is 11.7 Å². The molecule has 0 saturated carbocycles. The van der Waals surface area contributed by atoms with E-state index in [1.807, 2.05) is 26.0 Å². The first-order chi connectivity index (χ1) is 14.1. The van der Waals surface area contributed by atoms with Crippen molar-refractivity contribution in [2.75, 3.05) is 18.1 Å². The van der Waals surface area contributed by atoms with Gasteiger partial charge in [-0.2, -0.15) is 0 Å². The molecule has 0 aliphatic heterocycles. The van der Waals surface area contributed by atoms with Gasteiger partial charge in [-0.05, 0) is 48.9 Å². The largest absolute Gasteiger partial charge is 0.496 e. The fraction of sp³-hybridized carbons (Fsp3) is 0.227. The van der Waals surface area contributed by atoms with Crippen LogP contribution in [-0.4, -0.2) is 32.6 Å². The second kappa shape index (κ2) is 8.53. The fourth-order valence-corrected chi connectivity index (χ4v) is 3.99. The number of anilines is 1. The Morgan fingerprint density at radius 1 is 1.13 bits per heavy atom. The molecule has 1 heterocycles. The third-order valence-electron chi connectivity index (χ3n) is 4.84. The summed E-state index contributed by atoms with van der Waals surface area (Å²) in [7, 11) is -1.85. The Labute approximate surface area is 181 Å². The molecule has 8 heteroatoms. The average molecular weight is 447 g/mol. The number of hydrogen-bond acceptors (Lipinski definition) is 4. The van der Waals surface area contributed by atoms with E-state index < -0.39 is 10.0 Å². The number of aryl methyl sites for hydroxylation is 1. The molecule has 1 unspecified atom stereocenters. The molecule has 6 nitrogen and oxygen atoms in total. The Balaban J connectivity index is 1.92. The van der Waals surface area contributed by atoms with Crippen molar-refractivity contribution < 1.29 is 17.9 Å². The number of halogens is 1. The van der Waals surface area contributed by atoms with Crippen LogP contribution >= 0.6 is 11.6 Å². The predicted molar refractivity (Wildman–Crippen MR) is 119 cm³/mol. The van der Waals surface area contributed by atoms with Crippen LogP contribution in [-0.2, 0) is 10.0 Å². The molecule has 1 atom stereocenters. The number of carbonyl (C=O) groups excluding carboxylic acids is 1. The molecule has 0 saturated heterocycles. The SMILES string of the molecule is COc1cc(NS(C)(=O)=O)ccc1C(C)c1cc(C)c(C(=O)c2ccc(Cl)cc2)[nH]1. The van der Waals surface area contributed by atoms with Gasteiger partial charge in [0.2, 0.25) is 15.8 Å². The van der Waals surface area contributed by atoms with Crippen molar-refractivity contribution in [2.45, 2.75) is 19.8 Å². The number of aromatic amines is 1. The normalized spacial score (nSPS) is 12.4. The van der Waals surface area contributed by atoms with Gasteiger partial charge in [0.15, 0.2) is 0 Å². The van der Waals surface area contributed by atoms with E-state index in [1.165, 1.54) is 7.11 Å². The van der Waals surface area contributed by atoms with Gasteiger partial charge in [-0.15, -0.1) is 0 Å². The van der Waals surface area contributed by atoms with E-state index in [9.17, 15) is 13.2 Å². The quantitative estimate of drug-likeness (QED) is 0.513. The Morgan fingerprint density at radius 2 is 1.80 bits per heavy atom. The summed E-state index contributed by atoms with van der Waals surface area (Å²) in [5.74, 6) is 0.328. The number of methoxy groups -OCH3 is 1. The highest BCUT2D eigenvalue weighted by molar-refractivity contribution is 7.92. The van der Waals surface area contributed by atoms with Crippen molar-refractivity contribution in [3.63, 3.8) is 0 Å². The topological polar surface area (TPSA) is 88.3 Å². The zero-order chi connectivity index (χ0) is 22.1. The van der Waals surface area contributed by atoms with Crippen molar-refractivity contribution in [1.29, 1.82) is 0 Å². The molecule has 2 N–H and O–H groups in total. The first kappa shape index (κ1) is 21.9. The van der Waals surface area contributed by atoms with Crippen molar-refractivity contribution >= 4 is 33.1 Å². The van der Waals surface area contributed by atoms with Gasteiger partial charge in [0.25, 0.3) is 0 Å². The second-order valence-corrected chi connectivity index (χ2v) is 9.36. The highest BCUT2D eigenvalue weighted by Gasteiger charge is 2.21.